The van der Waals surface area contributed by atoms with Gasteiger partial charge < -0.3 is 34.1 Å². The fourth-order valence-electron chi connectivity index (χ4n) is 2.97. The molecule has 0 bridgehead atoms. The van der Waals surface area contributed by atoms with Crippen LogP contribution in [0.3, 0.4) is 0 Å². The first kappa shape index (κ1) is 22.8. The highest BCUT2D eigenvalue weighted by atomic mass is 16.5. The Morgan fingerprint density at radius 1 is 0.793 bits per heavy atom. The van der Waals surface area contributed by atoms with Crippen LogP contribution in [0.1, 0.15) is 11.1 Å². The van der Waals surface area contributed by atoms with Crippen molar-refractivity contribution < 1.29 is 34.1 Å². The largest absolute Gasteiger partial charge is 0.493 e. The fraction of sp³-hybridized carbons (Fsp3) is 0.455. The summed E-state index contributed by atoms with van der Waals surface area (Å²) >= 11 is 0. The Balaban J connectivity index is 1.67. The van der Waals surface area contributed by atoms with Gasteiger partial charge in [-0.3, -0.25) is 0 Å². The van der Waals surface area contributed by atoms with E-state index in [0.717, 1.165) is 35.6 Å². The van der Waals surface area contributed by atoms with Crippen molar-refractivity contribution in [2.24, 2.45) is 0 Å². The molecular weight excluding hydrogens is 374 g/mol. The van der Waals surface area contributed by atoms with E-state index in [-0.39, 0.29) is 6.61 Å². The van der Waals surface area contributed by atoms with Crippen LogP contribution in [-0.2, 0) is 17.8 Å². The first-order valence-corrected chi connectivity index (χ1v) is 9.60. The number of hydrogen-bond acceptors (Lipinski definition) is 6. The Labute approximate surface area is 172 Å². The number of aliphatic hydroxyl groups excluding tert-OH is 1. The lowest BCUT2D eigenvalue weighted by Gasteiger charge is -2.12. The second kappa shape index (κ2) is 12.2. The molecule has 0 aliphatic rings. The quantitative estimate of drug-likeness (QED) is 0.490. The van der Waals surface area contributed by atoms with Gasteiger partial charge in [0.1, 0.15) is 12.6 Å². The maximum absolute atomic E-state index is 10.1. The molecular formula is C22H32NO6+. The molecule has 0 fully saturated rings. The van der Waals surface area contributed by atoms with Crippen molar-refractivity contribution in [2.45, 2.75) is 19.1 Å². The molecule has 0 amide bonds. The van der Waals surface area contributed by atoms with Crippen LogP contribution in [0.2, 0.25) is 0 Å². The van der Waals surface area contributed by atoms with E-state index in [2.05, 4.69) is 5.32 Å². The summed E-state index contributed by atoms with van der Waals surface area (Å²) in [6, 6.07) is 11.6. The molecule has 29 heavy (non-hydrogen) atoms. The summed E-state index contributed by atoms with van der Waals surface area (Å²) in [6.07, 6.45) is 0.347. The standard InChI is InChI=1S/C22H31NO6/c1-25-19-7-5-16(11-21(19)27-3)9-10-23-13-18(24)15-29-14-17-6-8-20(26-2)22(12-17)28-4/h5-8,11-12,18,23-24H,9-10,13-15H2,1-4H3/p+1/t18-/m0/s1. The molecule has 0 saturated carbocycles. The maximum Gasteiger partial charge on any atom is 0.161 e. The molecule has 0 aliphatic carbocycles. The minimum Gasteiger partial charge on any atom is -0.493 e. The SMILES string of the molecule is COc1ccc(CC[NH2+]C[C@H](O)COCc2ccc(OC)c(OC)c2)cc1OC. The van der Waals surface area contributed by atoms with E-state index in [9.17, 15) is 5.11 Å². The van der Waals surface area contributed by atoms with Gasteiger partial charge in [-0.15, -0.1) is 0 Å². The van der Waals surface area contributed by atoms with E-state index >= 15 is 0 Å². The molecule has 0 heterocycles. The minimum absolute atomic E-state index is 0.279. The van der Waals surface area contributed by atoms with E-state index in [1.807, 2.05) is 36.4 Å². The molecule has 0 aromatic heterocycles. The van der Waals surface area contributed by atoms with Gasteiger partial charge in [-0.2, -0.15) is 0 Å². The number of ether oxygens (including phenoxy) is 5. The second-order valence-electron chi connectivity index (χ2n) is 6.61. The van der Waals surface area contributed by atoms with E-state index in [1.54, 1.807) is 28.4 Å². The molecule has 0 unspecified atom stereocenters. The van der Waals surface area contributed by atoms with Gasteiger partial charge in [-0.25, -0.2) is 0 Å². The number of rotatable bonds is 13. The minimum atomic E-state index is -0.527. The lowest BCUT2D eigenvalue weighted by atomic mass is 10.1. The van der Waals surface area contributed by atoms with E-state index in [1.165, 1.54) is 0 Å². The predicted octanol–water partition coefficient (Wildman–Crippen LogP) is 1.40. The van der Waals surface area contributed by atoms with Crippen molar-refractivity contribution in [3.63, 3.8) is 0 Å². The van der Waals surface area contributed by atoms with E-state index in [4.69, 9.17) is 23.7 Å². The highest BCUT2D eigenvalue weighted by Gasteiger charge is 2.09. The zero-order valence-corrected chi connectivity index (χ0v) is 17.6. The van der Waals surface area contributed by atoms with Crippen molar-refractivity contribution in [3.8, 4) is 23.0 Å². The number of benzene rings is 2. The Bertz CT molecular complexity index is 752. The molecule has 0 spiro atoms. The average Bonchev–Trinajstić information content (AvgIpc) is 2.76. The molecule has 2 rings (SSSR count). The van der Waals surface area contributed by atoms with Crippen LogP contribution in [0.15, 0.2) is 36.4 Å². The van der Waals surface area contributed by atoms with E-state index < -0.39 is 6.10 Å². The molecule has 7 heteroatoms. The summed E-state index contributed by atoms with van der Waals surface area (Å²) in [6.45, 7) is 2.13. The van der Waals surface area contributed by atoms with Crippen molar-refractivity contribution in [3.05, 3.63) is 47.5 Å². The first-order valence-electron chi connectivity index (χ1n) is 9.60. The number of aliphatic hydroxyl groups is 1. The Morgan fingerprint density at radius 3 is 1.93 bits per heavy atom. The molecule has 1 atom stereocenters. The Hall–Kier alpha value is -2.48. The van der Waals surface area contributed by atoms with E-state index in [0.29, 0.717) is 24.7 Å². The topological polar surface area (TPSA) is 83.0 Å². The third-order valence-electron chi connectivity index (χ3n) is 4.55. The fourth-order valence-corrected chi connectivity index (χ4v) is 2.97. The molecule has 0 radical (unpaired) electrons. The Morgan fingerprint density at radius 2 is 1.34 bits per heavy atom. The predicted molar refractivity (Wildman–Crippen MR) is 110 cm³/mol. The zero-order valence-electron chi connectivity index (χ0n) is 17.6. The molecule has 2 aromatic carbocycles. The monoisotopic (exact) mass is 406 g/mol. The third kappa shape index (κ3) is 7.12. The van der Waals surface area contributed by atoms with Gasteiger partial charge in [0.2, 0.25) is 0 Å². The Kier molecular flexibility index (Phi) is 9.56. The van der Waals surface area contributed by atoms with Crippen LogP contribution >= 0.6 is 0 Å². The normalized spacial score (nSPS) is 11.8. The van der Waals surface area contributed by atoms with Gasteiger partial charge in [0.15, 0.2) is 23.0 Å². The summed E-state index contributed by atoms with van der Waals surface area (Å²) in [5, 5.41) is 12.2. The molecule has 3 N–H and O–H groups in total. The van der Waals surface area contributed by atoms with Crippen LogP contribution in [0.25, 0.3) is 0 Å². The van der Waals surface area contributed by atoms with Crippen molar-refractivity contribution >= 4 is 0 Å². The van der Waals surface area contributed by atoms with Gasteiger partial charge >= 0.3 is 0 Å². The van der Waals surface area contributed by atoms with Crippen molar-refractivity contribution in [2.75, 3.05) is 48.1 Å². The van der Waals surface area contributed by atoms with Gasteiger partial charge in [-0.1, -0.05) is 12.1 Å². The van der Waals surface area contributed by atoms with Gasteiger partial charge in [-0.05, 0) is 35.4 Å². The van der Waals surface area contributed by atoms with Crippen molar-refractivity contribution in [1.29, 1.82) is 0 Å². The number of methoxy groups -OCH3 is 4. The number of quaternary nitrogens is 1. The third-order valence-corrected chi connectivity index (χ3v) is 4.55. The number of hydrogen-bond donors (Lipinski definition) is 2. The maximum atomic E-state index is 10.1. The highest BCUT2D eigenvalue weighted by molar-refractivity contribution is 5.43. The summed E-state index contributed by atoms with van der Waals surface area (Å²) in [7, 11) is 6.46. The van der Waals surface area contributed by atoms with Gasteiger partial charge in [0.25, 0.3) is 0 Å². The second-order valence-corrected chi connectivity index (χ2v) is 6.61. The summed E-state index contributed by atoms with van der Waals surface area (Å²) in [4.78, 5) is 0. The molecule has 0 aliphatic heterocycles. The van der Waals surface area contributed by atoms with Crippen LogP contribution in [0.4, 0.5) is 0 Å². The molecule has 0 saturated heterocycles. The highest BCUT2D eigenvalue weighted by Crippen LogP contribution is 2.28. The van der Waals surface area contributed by atoms with Gasteiger partial charge in [0, 0.05) is 6.42 Å². The lowest BCUT2D eigenvalue weighted by Crippen LogP contribution is -2.87. The average molecular weight is 406 g/mol. The summed E-state index contributed by atoms with van der Waals surface area (Å²) < 4.78 is 26.7. The van der Waals surface area contributed by atoms with Crippen molar-refractivity contribution in [1.82, 2.24) is 0 Å². The molecule has 7 nitrogen and oxygen atoms in total. The molecule has 2 aromatic rings. The first-order chi connectivity index (χ1) is 14.1. The lowest BCUT2D eigenvalue weighted by molar-refractivity contribution is -0.660. The zero-order chi connectivity index (χ0) is 21.1. The van der Waals surface area contributed by atoms with Gasteiger partial charge in [0.05, 0.1) is 48.2 Å². The summed E-state index contributed by atoms with van der Waals surface area (Å²) in [5.74, 6) is 2.80. The van der Waals surface area contributed by atoms with Crippen LogP contribution in [0.5, 0.6) is 23.0 Å². The summed E-state index contributed by atoms with van der Waals surface area (Å²) in [5.41, 5.74) is 2.13. The van der Waals surface area contributed by atoms with Crippen LogP contribution in [0, 0.1) is 0 Å². The van der Waals surface area contributed by atoms with Crippen LogP contribution in [-0.4, -0.2) is 59.3 Å². The molecule has 160 valence electrons. The number of nitrogens with two attached hydrogens (primary N) is 1. The van der Waals surface area contributed by atoms with Crippen LogP contribution < -0.4 is 24.3 Å². The smallest absolute Gasteiger partial charge is 0.161 e.